The van der Waals surface area contributed by atoms with Gasteiger partial charge in [0.25, 0.3) is 10.0 Å². The number of phenols is 1. The third kappa shape index (κ3) is 4.43. The van der Waals surface area contributed by atoms with Crippen LogP contribution in [0.5, 0.6) is 5.75 Å². The van der Waals surface area contributed by atoms with Crippen LogP contribution in [0.25, 0.3) is 0 Å². The van der Waals surface area contributed by atoms with Crippen molar-refractivity contribution in [3.05, 3.63) is 47.5 Å². The number of benzene rings is 2. The summed E-state index contributed by atoms with van der Waals surface area (Å²) in [6.45, 7) is 1.39. The SMILES string of the molecule is Cc1cc(O)c(C(=O)O)cc1S(=O)(=O)Nc1ccccc1NS(C)(=O)=O. The molecular weight excluding hydrogens is 384 g/mol. The van der Waals surface area contributed by atoms with Crippen molar-refractivity contribution >= 4 is 37.4 Å². The maximum Gasteiger partial charge on any atom is 0.339 e. The maximum atomic E-state index is 12.7. The van der Waals surface area contributed by atoms with Crippen LogP contribution in [-0.2, 0) is 20.0 Å². The van der Waals surface area contributed by atoms with E-state index in [0.717, 1.165) is 18.4 Å². The first-order valence-electron chi connectivity index (χ1n) is 7.07. The summed E-state index contributed by atoms with van der Waals surface area (Å²) in [5.74, 6) is -2.05. The number of para-hydroxylation sites is 2. The molecule has 4 N–H and O–H groups in total. The Morgan fingerprint density at radius 3 is 2.04 bits per heavy atom. The fourth-order valence-electron chi connectivity index (χ4n) is 2.19. The van der Waals surface area contributed by atoms with Gasteiger partial charge in [-0.25, -0.2) is 21.6 Å². The topological polar surface area (TPSA) is 150 Å². The highest BCUT2D eigenvalue weighted by atomic mass is 32.2. The van der Waals surface area contributed by atoms with E-state index in [4.69, 9.17) is 5.11 Å². The summed E-state index contributed by atoms with van der Waals surface area (Å²) in [6, 6.07) is 7.59. The van der Waals surface area contributed by atoms with E-state index >= 15 is 0 Å². The quantitative estimate of drug-likeness (QED) is 0.575. The van der Waals surface area contributed by atoms with Gasteiger partial charge in [-0.1, -0.05) is 12.1 Å². The minimum Gasteiger partial charge on any atom is -0.507 e. The number of hydrogen-bond donors (Lipinski definition) is 4. The van der Waals surface area contributed by atoms with Gasteiger partial charge in [-0.2, -0.15) is 0 Å². The monoisotopic (exact) mass is 400 g/mol. The summed E-state index contributed by atoms with van der Waals surface area (Å²) in [4.78, 5) is 10.8. The molecule has 140 valence electrons. The predicted molar refractivity (Wildman–Crippen MR) is 95.5 cm³/mol. The van der Waals surface area contributed by atoms with E-state index in [1.165, 1.54) is 31.2 Å². The Bertz CT molecular complexity index is 1080. The molecule has 0 saturated carbocycles. The van der Waals surface area contributed by atoms with Crippen LogP contribution in [0.3, 0.4) is 0 Å². The Morgan fingerprint density at radius 1 is 1.00 bits per heavy atom. The van der Waals surface area contributed by atoms with Crippen molar-refractivity contribution in [2.45, 2.75) is 11.8 Å². The fraction of sp³-hybridized carbons (Fsp3) is 0.133. The van der Waals surface area contributed by atoms with Crippen molar-refractivity contribution < 1.29 is 31.8 Å². The van der Waals surface area contributed by atoms with Gasteiger partial charge in [-0.3, -0.25) is 9.44 Å². The van der Waals surface area contributed by atoms with E-state index in [1.54, 1.807) is 0 Å². The third-order valence-corrected chi connectivity index (χ3v) is 5.38. The van der Waals surface area contributed by atoms with Gasteiger partial charge in [0, 0.05) is 0 Å². The molecule has 2 aromatic carbocycles. The van der Waals surface area contributed by atoms with E-state index in [9.17, 15) is 26.7 Å². The Morgan fingerprint density at radius 2 is 1.54 bits per heavy atom. The largest absolute Gasteiger partial charge is 0.507 e. The highest BCUT2D eigenvalue weighted by Crippen LogP contribution is 2.29. The zero-order valence-electron chi connectivity index (χ0n) is 13.7. The van der Waals surface area contributed by atoms with Gasteiger partial charge in [-0.05, 0) is 36.8 Å². The summed E-state index contributed by atoms with van der Waals surface area (Å²) in [5.41, 5.74) is -0.484. The van der Waals surface area contributed by atoms with Crippen molar-refractivity contribution in [3.8, 4) is 5.75 Å². The van der Waals surface area contributed by atoms with Crippen LogP contribution in [0.1, 0.15) is 15.9 Å². The van der Waals surface area contributed by atoms with Crippen molar-refractivity contribution in [2.75, 3.05) is 15.7 Å². The number of aryl methyl sites for hydroxylation is 1. The molecule has 0 radical (unpaired) electrons. The number of sulfonamides is 2. The van der Waals surface area contributed by atoms with Crippen molar-refractivity contribution in [2.24, 2.45) is 0 Å². The van der Waals surface area contributed by atoms with Crippen LogP contribution in [0.2, 0.25) is 0 Å². The number of carboxylic acids is 1. The Kier molecular flexibility index (Phi) is 5.14. The maximum absolute atomic E-state index is 12.7. The molecule has 0 spiro atoms. The fourth-order valence-corrected chi connectivity index (χ4v) is 4.10. The second kappa shape index (κ2) is 6.84. The van der Waals surface area contributed by atoms with Crippen LogP contribution in [-0.4, -0.2) is 39.3 Å². The van der Waals surface area contributed by atoms with Gasteiger partial charge in [0.1, 0.15) is 11.3 Å². The second-order valence-corrected chi connectivity index (χ2v) is 8.86. The lowest BCUT2D eigenvalue weighted by Gasteiger charge is -2.15. The number of aromatic carboxylic acids is 1. The smallest absolute Gasteiger partial charge is 0.339 e. The minimum atomic E-state index is -4.25. The molecule has 11 heteroatoms. The molecule has 0 bridgehead atoms. The standard InChI is InChI=1S/C15H16N2O7S2/c1-9-7-13(18)10(15(19)20)8-14(9)26(23,24)17-12-6-4-3-5-11(12)16-25(2,21)22/h3-8,16-18H,1-2H3,(H,19,20). The Hall–Kier alpha value is -2.79. The molecule has 0 fully saturated rings. The first-order valence-corrected chi connectivity index (χ1v) is 10.4. The summed E-state index contributed by atoms with van der Waals surface area (Å²) < 4.78 is 52.6. The molecule has 0 amide bonds. The number of carboxylic acid groups (broad SMARTS) is 1. The average molecular weight is 400 g/mol. The Balaban J connectivity index is 2.52. The van der Waals surface area contributed by atoms with Gasteiger partial charge < -0.3 is 10.2 Å². The van der Waals surface area contributed by atoms with E-state index in [1.807, 2.05) is 0 Å². The van der Waals surface area contributed by atoms with Crippen LogP contribution < -0.4 is 9.44 Å². The number of hydrogen-bond acceptors (Lipinski definition) is 6. The molecule has 2 aromatic rings. The minimum absolute atomic E-state index is 0.00784. The molecule has 0 aliphatic rings. The Labute approximate surface area is 150 Å². The van der Waals surface area contributed by atoms with Crippen LogP contribution in [0, 0.1) is 6.92 Å². The van der Waals surface area contributed by atoms with E-state index in [2.05, 4.69) is 9.44 Å². The number of nitrogens with one attached hydrogen (secondary N) is 2. The number of anilines is 2. The van der Waals surface area contributed by atoms with Gasteiger partial charge in [0.2, 0.25) is 10.0 Å². The van der Waals surface area contributed by atoms with Crippen molar-refractivity contribution in [3.63, 3.8) is 0 Å². The summed E-state index contributed by atoms with van der Waals surface area (Å²) in [6.07, 6.45) is 0.918. The number of aromatic hydroxyl groups is 1. The summed E-state index contributed by atoms with van der Waals surface area (Å²) in [5, 5.41) is 18.7. The highest BCUT2D eigenvalue weighted by molar-refractivity contribution is 7.93. The van der Waals surface area contributed by atoms with Crippen LogP contribution in [0.4, 0.5) is 11.4 Å². The summed E-state index contributed by atoms with van der Waals surface area (Å²) >= 11 is 0. The summed E-state index contributed by atoms with van der Waals surface area (Å²) in [7, 11) is -7.90. The van der Waals surface area contributed by atoms with Crippen molar-refractivity contribution in [1.82, 2.24) is 0 Å². The number of carbonyl (C=O) groups is 1. The molecule has 2 rings (SSSR count). The molecule has 0 aromatic heterocycles. The molecular formula is C15H16N2O7S2. The van der Waals surface area contributed by atoms with Crippen LogP contribution >= 0.6 is 0 Å². The average Bonchev–Trinajstić information content (AvgIpc) is 2.46. The molecule has 0 aliphatic carbocycles. The zero-order chi connectivity index (χ0) is 19.7. The first-order chi connectivity index (χ1) is 11.9. The lowest BCUT2D eigenvalue weighted by Crippen LogP contribution is -2.18. The van der Waals surface area contributed by atoms with Crippen molar-refractivity contribution in [1.29, 1.82) is 0 Å². The van der Waals surface area contributed by atoms with Gasteiger partial charge in [-0.15, -0.1) is 0 Å². The zero-order valence-corrected chi connectivity index (χ0v) is 15.3. The molecule has 0 unspecified atom stereocenters. The van der Waals surface area contributed by atoms with Gasteiger partial charge in [0.05, 0.1) is 22.5 Å². The molecule has 26 heavy (non-hydrogen) atoms. The lowest BCUT2D eigenvalue weighted by atomic mass is 10.1. The van der Waals surface area contributed by atoms with E-state index in [0.29, 0.717) is 0 Å². The molecule has 0 aliphatic heterocycles. The van der Waals surface area contributed by atoms with Crippen LogP contribution in [0.15, 0.2) is 41.3 Å². The highest BCUT2D eigenvalue weighted by Gasteiger charge is 2.23. The van der Waals surface area contributed by atoms with E-state index < -0.39 is 37.3 Å². The molecule has 0 saturated heterocycles. The lowest BCUT2D eigenvalue weighted by molar-refractivity contribution is 0.0693. The molecule has 9 nitrogen and oxygen atoms in total. The molecule has 0 heterocycles. The molecule has 0 atom stereocenters. The second-order valence-electron chi connectivity index (χ2n) is 5.47. The van der Waals surface area contributed by atoms with Gasteiger partial charge >= 0.3 is 5.97 Å². The van der Waals surface area contributed by atoms with E-state index in [-0.39, 0.29) is 21.8 Å². The normalized spacial score (nSPS) is 11.8. The predicted octanol–water partition coefficient (Wildman–Crippen LogP) is 1.57. The number of rotatable bonds is 6. The first kappa shape index (κ1) is 19.5. The van der Waals surface area contributed by atoms with Gasteiger partial charge in [0.15, 0.2) is 0 Å². The third-order valence-electron chi connectivity index (χ3n) is 3.28.